The number of rotatable bonds is 0. The second-order valence-electron chi connectivity index (χ2n) is 5.76. The maximum absolute atomic E-state index is 3.62. The van der Waals surface area contributed by atoms with Gasteiger partial charge in [0.25, 0.3) is 0 Å². The highest BCUT2D eigenvalue weighted by Gasteiger charge is 2.46. The smallest absolute Gasteiger partial charge is 0.0196 e. The number of hydrogen-bond donors (Lipinski definition) is 1. The minimum atomic E-state index is 0.529. The minimum absolute atomic E-state index is 0.529. The van der Waals surface area contributed by atoms with Crippen LogP contribution in [-0.4, -0.2) is 12.1 Å². The second kappa shape index (κ2) is 2.47. The molecule has 1 aliphatic heterocycles. The number of nitrogens with one attached hydrogen (secondary N) is 1. The van der Waals surface area contributed by atoms with Crippen LogP contribution in [0.4, 0.5) is 0 Å². The average molecular weight is 167 g/mol. The largest absolute Gasteiger partial charge is 0.311 e. The molecule has 0 aromatic rings. The van der Waals surface area contributed by atoms with Crippen LogP contribution in [0.5, 0.6) is 0 Å². The van der Waals surface area contributed by atoms with Crippen molar-refractivity contribution in [3.05, 3.63) is 0 Å². The van der Waals surface area contributed by atoms with Gasteiger partial charge in [-0.3, -0.25) is 0 Å². The summed E-state index contributed by atoms with van der Waals surface area (Å²) in [4.78, 5) is 0. The molecule has 0 aromatic heterocycles. The molecule has 0 bridgehead atoms. The molecule has 0 radical (unpaired) electrons. The first-order chi connectivity index (χ1) is 5.52. The third-order valence-electron chi connectivity index (χ3n) is 3.94. The standard InChI is InChI=1S/C11H21N/c1-10(2,3)9-4-5-11(8-9)6-7-12-11/h9,12H,4-8H2,1-3H3/t9-,11-/m0/s1. The Kier molecular flexibility index (Phi) is 1.76. The van der Waals surface area contributed by atoms with Gasteiger partial charge in [-0.25, -0.2) is 0 Å². The Hall–Kier alpha value is -0.0400. The van der Waals surface area contributed by atoms with Gasteiger partial charge in [0, 0.05) is 5.54 Å². The van der Waals surface area contributed by atoms with Crippen molar-refractivity contribution in [1.82, 2.24) is 5.32 Å². The summed E-state index contributed by atoms with van der Waals surface area (Å²) in [6.45, 7) is 8.41. The lowest BCUT2D eigenvalue weighted by atomic mass is 9.77. The fourth-order valence-corrected chi connectivity index (χ4v) is 2.73. The Bertz CT molecular complexity index is 174. The van der Waals surface area contributed by atoms with Crippen LogP contribution in [0.3, 0.4) is 0 Å². The molecule has 2 rings (SSSR count). The SMILES string of the molecule is CC(C)(C)[C@H]1CC[C@]2(CCN2)C1. The van der Waals surface area contributed by atoms with Gasteiger partial charge in [-0.15, -0.1) is 0 Å². The molecule has 12 heavy (non-hydrogen) atoms. The van der Waals surface area contributed by atoms with Crippen LogP contribution in [0.1, 0.15) is 46.5 Å². The molecule has 1 saturated heterocycles. The van der Waals surface area contributed by atoms with Crippen molar-refractivity contribution in [2.24, 2.45) is 11.3 Å². The zero-order valence-corrected chi connectivity index (χ0v) is 8.61. The summed E-state index contributed by atoms with van der Waals surface area (Å²) < 4.78 is 0. The Morgan fingerprint density at radius 3 is 2.17 bits per heavy atom. The summed E-state index contributed by atoms with van der Waals surface area (Å²) >= 11 is 0. The molecule has 0 unspecified atom stereocenters. The van der Waals surface area contributed by atoms with Gasteiger partial charge in [-0.1, -0.05) is 20.8 Å². The fraction of sp³-hybridized carbons (Fsp3) is 1.00. The maximum atomic E-state index is 3.62. The van der Waals surface area contributed by atoms with E-state index in [1.807, 2.05) is 0 Å². The van der Waals surface area contributed by atoms with E-state index in [1.54, 1.807) is 0 Å². The molecule has 1 heterocycles. The quantitative estimate of drug-likeness (QED) is 0.584. The van der Waals surface area contributed by atoms with Crippen LogP contribution >= 0.6 is 0 Å². The van der Waals surface area contributed by atoms with E-state index >= 15 is 0 Å². The zero-order valence-electron chi connectivity index (χ0n) is 8.61. The highest BCUT2D eigenvalue weighted by atomic mass is 15.1. The van der Waals surface area contributed by atoms with Gasteiger partial charge in [0.2, 0.25) is 0 Å². The van der Waals surface area contributed by atoms with Gasteiger partial charge in [0.05, 0.1) is 0 Å². The number of hydrogen-bond acceptors (Lipinski definition) is 1. The Morgan fingerprint density at radius 2 is 1.92 bits per heavy atom. The van der Waals surface area contributed by atoms with E-state index in [9.17, 15) is 0 Å². The molecule has 2 fully saturated rings. The Balaban J connectivity index is 1.98. The highest BCUT2D eigenvalue weighted by molar-refractivity contribution is 5.04. The third kappa shape index (κ3) is 1.28. The lowest BCUT2D eigenvalue weighted by Gasteiger charge is -2.41. The Labute approximate surface area is 75.9 Å². The zero-order chi connectivity index (χ0) is 8.82. The molecule has 0 amide bonds. The highest BCUT2D eigenvalue weighted by Crippen LogP contribution is 2.47. The lowest BCUT2D eigenvalue weighted by molar-refractivity contribution is 0.175. The predicted octanol–water partition coefficient (Wildman–Crippen LogP) is 2.56. The van der Waals surface area contributed by atoms with Gasteiger partial charge in [-0.05, 0) is 43.6 Å². The first-order valence-corrected chi connectivity index (χ1v) is 5.27. The normalized spacial score (nSPS) is 41.8. The molecule has 1 spiro atoms. The molecule has 0 aromatic carbocycles. The lowest BCUT2D eigenvalue weighted by Crippen LogP contribution is -2.55. The summed E-state index contributed by atoms with van der Waals surface area (Å²) in [6.07, 6.45) is 5.72. The van der Waals surface area contributed by atoms with Gasteiger partial charge < -0.3 is 5.32 Å². The molecule has 1 saturated carbocycles. The summed E-state index contributed by atoms with van der Waals surface area (Å²) in [5.74, 6) is 0.949. The van der Waals surface area contributed by atoms with Crippen molar-refractivity contribution in [3.8, 4) is 0 Å². The fourth-order valence-electron chi connectivity index (χ4n) is 2.73. The molecule has 1 nitrogen and oxygen atoms in total. The van der Waals surface area contributed by atoms with Gasteiger partial charge in [0.15, 0.2) is 0 Å². The van der Waals surface area contributed by atoms with E-state index in [1.165, 1.54) is 32.2 Å². The van der Waals surface area contributed by atoms with Crippen LogP contribution in [0.15, 0.2) is 0 Å². The van der Waals surface area contributed by atoms with Crippen molar-refractivity contribution in [1.29, 1.82) is 0 Å². The van der Waals surface area contributed by atoms with Crippen molar-refractivity contribution in [3.63, 3.8) is 0 Å². The summed E-state index contributed by atoms with van der Waals surface area (Å²) in [7, 11) is 0. The van der Waals surface area contributed by atoms with Crippen LogP contribution in [0.2, 0.25) is 0 Å². The van der Waals surface area contributed by atoms with Crippen molar-refractivity contribution in [2.75, 3.05) is 6.54 Å². The minimum Gasteiger partial charge on any atom is -0.311 e. The van der Waals surface area contributed by atoms with E-state index in [2.05, 4.69) is 26.1 Å². The van der Waals surface area contributed by atoms with Crippen LogP contribution in [0.25, 0.3) is 0 Å². The van der Waals surface area contributed by atoms with E-state index in [0.717, 1.165) is 5.92 Å². The van der Waals surface area contributed by atoms with Crippen molar-refractivity contribution in [2.45, 2.75) is 52.0 Å². The summed E-state index contributed by atoms with van der Waals surface area (Å²) in [5, 5.41) is 3.62. The first kappa shape index (κ1) is 8.55. The first-order valence-electron chi connectivity index (χ1n) is 5.27. The predicted molar refractivity (Wildman–Crippen MR) is 52.1 cm³/mol. The van der Waals surface area contributed by atoms with Crippen LogP contribution in [-0.2, 0) is 0 Å². The molecule has 70 valence electrons. The van der Waals surface area contributed by atoms with Crippen molar-refractivity contribution >= 4 is 0 Å². The molecule has 1 N–H and O–H groups in total. The Morgan fingerprint density at radius 1 is 1.25 bits per heavy atom. The summed E-state index contributed by atoms with van der Waals surface area (Å²) in [5.41, 5.74) is 1.12. The maximum Gasteiger partial charge on any atom is 0.0196 e. The average Bonchev–Trinajstić information content (AvgIpc) is 2.26. The van der Waals surface area contributed by atoms with Crippen LogP contribution in [0, 0.1) is 11.3 Å². The van der Waals surface area contributed by atoms with Gasteiger partial charge in [0.1, 0.15) is 0 Å². The van der Waals surface area contributed by atoms with E-state index < -0.39 is 0 Å². The van der Waals surface area contributed by atoms with E-state index in [0.29, 0.717) is 11.0 Å². The van der Waals surface area contributed by atoms with E-state index in [-0.39, 0.29) is 0 Å². The topological polar surface area (TPSA) is 12.0 Å². The second-order valence-corrected chi connectivity index (χ2v) is 5.76. The molecular weight excluding hydrogens is 146 g/mol. The third-order valence-corrected chi connectivity index (χ3v) is 3.94. The van der Waals surface area contributed by atoms with Gasteiger partial charge >= 0.3 is 0 Å². The van der Waals surface area contributed by atoms with E-state index in [4.69, 9.17) is 0 Å². The summed E-state index contributed by atoms with van der Waals surface area (Å²) in [6, 6.07) is 0. The molecule has 1 heteroatoms. The van der Waals surface area contributed by atoms with Gasteiger partial charge in [-0.2, -0.15) is 0 Å². The molecule has 2 atom stereocenters. The molecular formula is C11H21N. The molecule has 2 aliphatic rings. The monoisotopic (exact) mass is 167 g/mol. The van der Waals surface area contributed by atoms with Crippen molar-refractivity contribution < 1.29 is 0 Å². The van der Waals surface area contributed by atoms with Crippen LogP contribution < -0.4 is 5.32 Å². The molecule has 1 aliphatic carbocycles.